The van der Waals surface area contributed by atoms with Gasteiger partial charge in [0.05, 0.1) is 6.54 Å². The van der Waals surface area contributed by atoms with Crippen LogP contribution in [0.2, 0.25) is 0 Å². The first-order valence-corrected chi connectivity index (χ1v) is 9.86. The van der Waals surface area contributed by atoms with Crippen molar-refractivity contribution in [3.8, 4) is 0 Å². The van der Waals surface area contributed by atoms with Gasteiger partial charge in [0.15, 0.2) is 5.96 Å². The SMILES string of the molecule is CC(C)CCCC(C)NC(N)=NCc1cccc(C(=O)NCCN(C)C)c1. The lowest BCUT2D eigenvalue weighted by atomic mass is 10.0. The second-order valence-corrected chi connectivity index (χ2v) is 7.83. The summed E-state index contributed by atoms with van der Waals surface area (Å²) in [7, 11) is 3.96. The van der Waals surface area contributed by atoms with Crippen molar-refractivity contribution in [2.45, 2.75) is 52.6 Å². The second kappa shape index (κ2) is 12.3. The molecule has 0 aliphatic heterocycles. The molecular weight excluding hydrogens is 338 g/mol. The lowest BCUT2D eigenvalue weighted by molar-refractivity contribution is 0.0951. The number of likely N-dealkylation sites (N-methyl/N-ethyl adjacent to an activating group) is 1. The minimum Gasteiger partial charge on any atom is -0.370 e. The van der Waals surface area contributed by atoms with Gasteiger partial charge in [-0.15, -0.1) is 0 Å². The molecule has 6 heteroatoms. The summed E-state index contributed by atoms with van der Waals surface area (Å²) >= 11 is 0. The third-order valence-corrected chi connectivity index (χ3v) is 4.28. The van der Waals surface area contributed by atoms with Gasteiger partial charge in [0, 0.05) is 24.7 Å². The maximum absolute atomic E-state index is 12.2. The fourth-order valence-corrected chi connectivity index (χ4v) is 2.69. The molecule has 1 aromatic carbocycles. The molecule has 0 saturated carbocycles. The van der Waals surface area contributed by atoms with Crippen LogP contribution in [0.1, 0.15) is 56.0 Å². The van der Waals surface area contributed by atoms with E-state index in [1.807, 2.05) is 43.3 Å². The van der Waals surface area contributed by atoms with Crippen LogP contribution in [0.5, 0.6) is 0 Å². The van der Waals surface area contributed by atoms with Gasteiger partial charge in [-0.3, -0.25) is 4.79 Å². The molecule has 1 atom stereocenters. The fourth-order valence-electron chi connectivity index (χ4n) is 2.69. The number of carbonyl (C=O) groups excluding carboxylic acids is 1. The molecule has 0 aliphatic rings. The second-order valence-electron chi connectivity index (χ2n) is 7.83. The number of carbonyl (C=O) groups is 1. The van der Waals surface area contributed by atoms with Gasteiger partial charge in [-0.2, -0.15) is 0 Å². The first-order chi connectivity index (χ1) is 12.8. The standard InChI is InChI=1S/C21H37N5O/c1-16(2)8-6-9-17(3)25-21(22)24-15-18-10-7-11-19(14-18)20(27)23-12-13-26(4)5/h7,10-11,14,16-17H,6,8-9,12-13,15H2,1-5H3,(H,23,27)(H3,22,24,25). The molecule has 1 amide bonds. The molecule has 0 saturated heterocycles. The molecule has 1 rings (SSSR count). The van der Waals surface area contributed by atoms with Crippen LogP contribution < -0.4 is 16.4 Å². The van der Waals surface area contributed by atoms with E-state index in [9.17, 15) is 4.79 Å². The summed E-state index contributed by atoms with van der Waals surface area (Å²) in [5.74, 6) is 1.12. The third kappa shape index (κ3) is 10.6. The Bertz CT molecular complexity index is 598. The van der Waals surface area contributed by atoms with Crippen LogP contribution in [-0.4, -0.2) is 50.0 Å². The number of nitrogens with two attached hydrogens (primary N) is 1. The number of rotatable bonds is 11. The zero-order valence-corrected chi connectivity index (χ0v) is 17.6. The van der Waals surface area contributed by atoms with Gasteiger partial charge in [-0.05, 0) is 51.1 Å². The quantitative estimate of drug-likeness (QED) is 0.410. The van der Waals surface area contributed by atoms with E-state index in [2.05, 4.69) is 36.4 Å². The Morgan fingerprint density at radius 1 is 1.22 bits per heavy atom. The minimum atomic E-state index is -0.0625. The number of hydrogen-bond donors (Lipinski definition) is 3. The summed E-state index contributed by atoms with van der Waals surface area (Å²) in [4.78, 5) is 18.6. The summed E-state index contributed by atoms with van der Waals surface area (Å²) in [6.45, 7) is 8.50. The van der Waals surface area contributed by atoms with E-state index in [-0.39, 0.29) is 5.91 Å². The molecule has 0 fully saturated rings. The molecule has 27 heavy (non-hydrogen) atoms. The van der Waals surface area contributed by atoms with Crippen LogP contribution >= 0.6 is 0 Å². The van der Waals surface area contributed by atoms with Gasteiger partial charge in [0.25, 0.3) is 5.91 Å². The van der Waals surface area contributed by atoms with Gasteiger partial charge in [0.2, 0.25) is 0 Å². The Morgan fingerprint density at radius 3 is 2.63 bits per heavy atom. The van der Waals surface area contributed by atoms with Crippen molar-refractivity contribution in [3.05, 3.63) is 35.4 Å². The van der Waals surface area contributed by atoms with Crippen LogP contribution in [-0.2, 0) is 6.54 Å². The van der Waals surface area contributed by atoms with E-state index >= 15 is 0 Å². The molecule has 1 unspecified atom stereocenters. The van der Waals surface area contributed by atoms with Gasteiger partial charge in [-0.1, -0.05) is 38.8 Å². The van der Waals surface area contributed by atoms with Crippen LogP contribution in [0, 0.1) is 5.92 Å². The van der Waals surface area contributed by atoms with Crippen LogP contribution in [0.4, 0.5) is 0 Å². The number of aliphatic imine (C=N–C) groups is 1. The lowest BCUT2D eigenvalue weighted by Crippen LogP contribution is -2.38. The van der Waals surface area contributed by atoms with E-state index in [0.717, 1.165) is 24.4 Å². The van der Waals surface area contributed by atoms with Crippen molar-refractivity contribution in [1.29, 1.82) is 0 Å². The first kappa shape index (κ1) is 23.0. The highest BCUT2D eigenvalue weighted by molar-refractivity contribution is 5.94. The number of hydrogen-bond acceptors (Lipinski definition) is 3. The Balaban J connectivity index is 2.48. The van der Waals surface area contributed by atoms with Gasteiger partial charge in [-0.25, -0.2) is 4.99 Å². The molecule has 1 aromatic rings. The highest BCUT2D eigenvalue weighted by atomic mass is 16.1. The number of guanidine groups is 1. The number of benzene rings is 1. The monoisotopic (exact) mass is 375 g/mol. The lowest BCUT2D eigenvalue weighted by Gasteiger charge is -2.15. The van der Waals surface area contributed by atoms with E-state index < -0.39 is 0 Å². The average Bonchev–Trinajstić information content (AvgIpc) is 2.59. The van der Waals surface area contributed by atoms with Crippen molar-refractivity contribution < 1.29 is 4.79 Å². The Labute approximate surface area is 164 Å². The normalized spacial score (nSPS) is 13.1. The van der Waals surface area contributed by atoms with Crippen molar-refractivity contribution in [2.75, 3.05) is 27.2 Å². The summed E-state index contributed by atoms with van der Waals surface area (Å²) in [5, 5.41) is 6.17. The smallest absolute Gasteiger partial charge is 0.251 e. The first-order valence-electron chi connectivity index (χ1n) is 9.86. The zero-order valence-electron chi connectivity index (χ0n) is 17.6. The molecule has 0 heterocycles. The number of nitrogens with zero attached hydrogens (tertiary/aromatic N) is 2. The van der Waals surface area contributed by atoms with Gasteiger partial charge >= 0.3 is 0 Å². The molecule has 4 N–H and O–H groups in total. The Morgan fingerprint density at radius 2 is 1.96 bits per heavy atom. The van der Waals surface area contributed by atoms with E-state index in [0.29, 0.717) is 30.7 Å². The van der Waals surface area contributed by atoms with Crippen molar-refractivity contribution in [2.24, 2.45) is 16.6 Å². The maximum Gasteiger partial charge on any atom is 0.251 e. The maximum atomic E-state index is 12.2. The molecule has 0 bridgehead atoms. The summed E-state index contributed by atoms with van der Waals surface area (Å²) < 4.78 is 0. The molecular formula is C21H37N5O. The predicted octanol–water partition coefficient (Wildman–Crippen LogP) is 2.60. The molecule has 0 radical (unpaired) electrons. The highest BCUT2D eigenvalue weighted by Gasteiger charge is 2.07. The van der Waals surface area contributed by atoms with E-state index in [1.165, 1.54) is 12.8 Å². The van der Waals surface area contributed by atoms with Crippen molar-refractivity contribution >= 4 is 11.9 Å². The summed E-state index contributed by atoms with van der Waals surface area (Å²) in [5.41, 5.74) is 7.61. The van der Waals surface area contributed by atoms with Gasteiger partial charge in [0.1, 0.15) is 0 Å². The van der Waals surface area contributed by atoms with Crippen LogP contribution in [0.15, 0.2) is 29.3 Å². The molecule has 152 valence electrons. The van der Waals surface area contributed by atoms with E-state index in [1.54, 1.807) is 0 Å². The summed E-state index contributed by atoms with van der Waals surface area (Å²) in [6, 6.07) is 7.83. The largest absolute Gasteiger partial charge is 0.370 e. The molecule has 6 nitrogen and oxygen atoms in total. The van der Waals surface area contributed by atoms with Crippen LogP contribution in [0.3, 0.4) is 0 Å². The van der Waals surface area contributed by atoms with Gasteiger partial charge < -0.3 is 21.3 Å². The van der Waals surface area contributed by atoms with Crippen LogP contribution in [0.25, 0.3) is 0 Å². The zero-order chi connectivity index (χ0) is 20.2. The minimum absolute atomic E-state index is 0.0625. The molecule has 0 aromatic heterocycles. The predicted molar refractivity (Wildman–Crippen MR) is 114 cm³/mol. The molecule has 0 aliphatic carbocycles. The number of nitrogens with one attached hydrogen (secondary N) is 2. The summed E-state index contributed by atoms with van der Waals surface area (Å²) in [6.07, 6.45) is 3.49. The average molecular weight is 376 g/mol. The highest BCUT2D eigenvalue weighted by Crippen LogP contribution is 2.09. The fraction of sp³-hybridized carbons (Fsp3) is 0.619. The van der Waals surface area contributed by atoms with Crippen molar-refractivity contribution in [1.82, 2.24) is 15.5 Å². The molecule has 0 spiro atoms. The Hall–Kier alpha value is -2.08. The van der Waals surface area contributed by atoms with E-state index in [4.69, 9.17) is 5.73 Å². The topological polar surface area (TPSA) is 82.7 Å². The Kier molecular flexibility index (Phi) is 10.5. The third-order valence-electron chi connectivity index (χ3n) is 4.28. The number of amides is 1. The van der Waals surface area contributed by atoms with Crippen molar-refractivity contribution in [3.63, 3.8) is 0 Å².